The van der Waals surface area contributed by atoms with Gasteiger partial charge in [0, 0.05) is 6.54 Å². The molecule has 1 aliphatic rings. The third kappa shape index (κ3) is 8.43. The van der Waals surface area contributed by atoms with Crippen LogP contribution in [0.15, 0.2) is 42.0 Å². The van der Waals surface area contributed by atoms with Crippen LogP contribution < -0.4 is 24.8 Å². The number of allylic oxidation sites excluding steroid dienone is 2. The second-order valence-electron chi connectivity index (χ2n) is 6.41. The van der Waals surface area contributed by atoms with E-state index in [1.807, 2.05) is 0 Å². The number of benzene rings is 1. The number of hydrogen-bond acceptors (Lipinski definition) is 1. The molecular weight excluding hydrogens is 387 g/mol. The van der Waals surface area contributed by atoms with E-state index in [2.05, 4.69) is 69.3 Å². The van der Waals surface area contributed by atoms with Gasteiger partial charge in [0.2, 0.25) is 0 Å². The van der Waals surface area contributed by atoms with Crippen LogP contribution in [0.4, 0.5) is 0 Å². The second-order valence-corrected chi connectivity index (χ2v) is 6.41. The van der Waals surface area contributed by atoms with E-state index < -0.39 is 0 Å². The Labute approximate surface area is 181 Å². The van der Waals surface area contributed by atoms with Gasteiger partial charge in [0.05, 0.1) is 0 Å². The Hall–Kier alpha value is -0.0857. The smallest absolute Gasteiger partial charge is 1.00 e. The summed E-state index contributed by atoms with van der Waals surface area (Å²) in [4.78, 5) is 2.22. The normalized spacial score (nSPS) is 14.0. The fourth-order valence-corrected chi connectivity index (χ4v) is 2.94. The quantitative estimate of drug-likeness (QED) is 0.401. The van der Waals surface area contributed by atoms with Crippen molar-refractivity contribution >= 4 is 5.57 Å². The Balaban J connectivity index is 0. The van der Waals surface area contributed by atoms with E-state index in [0.717, 1.165) is 19.5 Å². The summed E-state index contributed by atoms with van der Waals surface area (Å²) in [7, 11) is 4.24. The Morgan fingerprint density at radius 2 is 1.84 bits per heavy atom. The zero-order valence-corrected chi connectivity index (χ0v) is 18.8. The van der Waals surface area contributed by atoms with Crippen molar-refractivity contribution in [3.8, 4) is 0 Å². The van der Waals surface area contributed by atoms with E-state index in [1.165, 1.54) is 35.1 Å². The molecule has 0 aliphatic heterocycles. The summed E-state index contributed by atoms with van der Waals surface area (Å²) in [6.45, 7) is 6.42. The molecule has 1 aromatic carbocycles. The standard InChI is InChI=1S/C20H29N2.2ClH.Ti/c1-5-6-13-21-16(2)19-9-7-8-10-20(19)18-12-11-17(14-18)15-22(3)4;;;/h7-11,14,16H,5-6,12-13,15H2,1-4H3;2*1H;/q-1;;;+3/p-2. The number of nitrogens with zero attached hydrogens (tertiary/aromatic N) is 2. The molecule has 25 heavy (non-hydrogen) atoms. The number of rotatable bonds is 8. The molecule has 1 radical (unpaired) electrons. The van der Waals surface area contributed by atoms with Gasteiger partial charge < -0.3 is 35.0 Å². The van der Waals surface area contributed by atoms with Crippen molar-refractivity contribution in [2.75, 3.05) is 27.2 Å². The molecule has 137 valence electrons. The minimum absolute atomic E-state index is 0. The van der Waals surface area contributed by atoms with Crippen molar-refractivity contribution in [3.05, 3.63) is 58.4 Å². The van der Waals surface area contributed by atoms with Gasteiger partial charge in [-0.3, -0.25) is 0 Å². The van der Waals surface area contributed by atoms with Crippen LogP contribution in [-0.2, 0) is 21.7 Å². The van der Waals surface area contributed by atoms with Crippen LogP contribution in [0.25, 0.3) is 10.9 Å². The van der Waals surface area contributed by atoms with Crippen LogP contribution in [-0.4, -0.2) is 32.1 Å². The van der Waals surface area contributed by atoms with E-state index >= 15 is 0 Å². The number of unbranched alkanes of at least 4 members (excludes halogenated alkanes) is 1. The molecule has 0 bridgehead atoms. The van der Waals surface area contributed by atoms with Crippen LogP contribution in [0.1, 0.15) is 50.3 Å². The predicted molar refractivity (Wildman–Crippen MR) is 97.2 cm³/mol. The summed E-state index contributed by atoms with van der Waals surface area (Å²) in [5, 5.41) is 4.83. The van der Waals surface area contributed by atoms with Crippen LogP contribution in [0.3, 0.4) is 0 Å². The van der Waals surface area contributed by atoms with E-state index in [0.29, 0.717) is 0 Å². The summed E-state index contributed by atoms with van der Waals surface area (Å²) in [6.07, 6.45) is 8.15. The summed E-state index contributed by atoms with van der Waals surface area (Å²) < 4.78 is 0. The molecule has 1 aromatic rings. The van der Waals surface area contributed by atoms with Crippen LogP contribution in [0, 0.1) is 0 Å². The SMILES string of the molecule is CCCC[N-]C(C)c1ccccc1C1=CC(CN(C)C)=CC1.[Cl-].[Cl-].[Ti+3]. The molecule has 0 saturated carbocycles. The minimum atomic E-state index is 0. The predicted octanol–water partition coefficient (Wildman–Crippen LogP) is -0.798. The van der Waals surface area contributed by atoms with E-state index in [1.54, 1.807) is 0 Å². The van der Waals surface area contributed by atoms with E-state index in [4.69, 9.17) is 5.32 Å². The van der Waals surface area contributed by atoms with E-state index in [9.17, 15) is 0 Å². The average molecular weight is 416 g/mol. The summed E-state index contributed by atoms with van der Waals surface area (Å²) >= 11 is 0. The molecule has 1 unspecified atom stereocenters. The third-order valence-corrected chi connectivity index (χ3v) is 4.11. The Morgan fingerprint density at radius 1 is 1.16 bits per heavy atom. The molecule has 0 fully saturated rings. The van der Waals surface area contributed by atoms with Gasteiger partial charge in [0.25, 0.3) is 0 Å². The van der Waals surface area contributed by atoms with Gasteiger partial charge in [-0.05, 0) is 37.2 Å². The molecule has 0 spiro atoms. The number of halogens is 2. The number of likely N-dealkylation sites (N-methyl/N-ethyl adjacent to an activating group) is 1. The fraction of sp³-hybridized carbons (Fsp3) is 0.500. The van der Waals surface area contributed by atoms with Crippen molar-refractivity contribution in [2.45, 2.75) is 39.2 Å². The van der Waals surface area contributed by atoms with Crippen LogP contribution in [0.2, 0.25) is 0 Å². The maximum atomic E-state index is 4.83. The number of hydrogen-bond donors (Lipinski definition) is 0. The molecule has 0 aromatic heterocycles. The first-order chi connectivity index (χ1) is 10.6. The molecule has 0 amide bonds. The molecule has 1 aliphatic carbocycles. The van der Waals surface area contributed by atoms with Gasteiger partial charge in [0.1, 0.15) is 0 Å². The first kappa shape index (κ1) is 27.1. The largest absolute Gasteiger partial charge is 3.00 e. The van der Waals surface area contributed by atoms with E-state index in [-0.39, 0.29) is 52.6 Å². The Kier molecular flexibility index (Phi) is 15.2. The van der Waals surface area contributed by atoms with Crippen molar-refractivity contribution in [3.63, 3.8) is 0 Å². The van der Waals surface area contributed by atoms with Crippen molar-refractivity contribution in [1.82, 2.24) is 4.90 Å². The van der Waals surface area contributed by atoms with Gasteiger partial charge >= 0.3 is 21.7 Å². The maximum Gasteiger partial charge on any atom is 3.00 e. The molecule has 1 atom stereocenters. The topological polar surface area (TPSA) is 17.3 Å². The van der Waals surface area contributed by atoms with Gasteiger partial charge in [-0.1, -0.05) is 68.7 Å². The summed E-state index contributed by atoms with van der Waals surface area (Å²) in [5.41, 5.74) is 5.60. The van der Waals surface area contributed by atoms with Crippen LogP contribution in [0.5, 0.6) is 0 Å². The van der Waals surface area contributed by atoms with Gasteiger partial charge in [0.15, 0.2) is 0 Å². The van der Waals surface area contributed by atoms with Gasteiger partial charge in [-0.2, -0.15) is 0 Å². The maximum absolute atomic E-state index is 4.83. The van der Waals surface area contributed by atoms with Crippen molar-refractivity contribution in [1.29, 1.82) is 0 Å². The molecule has 0 heterocycles. The Bertz CT molecular complexity index is 556. The monoisotopic (exact) mass is 415 g/mol. The third-order valence-electron chi connectivity index (χ3n) is 4.11. The first-order valence-electron chi connectivity index (χ1n) is 8.42. The summed E-state index contributed by atoms with van der Waals surface area (Å²) in [5.74, 6) is 0. The average Bonchev–Trinajstić information content (AvgIpc) is 2.95. The molecule has 0 saturated heterocycles. The molecule has 2 rings (SSSR count). The molecule has 5 heteroatoms. The van der Waals surface area contributed by atoms with Crippen LogP contribution >= 0.6 is 0 Å². The fourth-order valence-electron chi connectivity index (χ4n) is 2.94. The zero-order chi connectivity index (χ0) is 15.9. The van der Waals surface area contributed by atoms with Gasteiger partial charge in [-0.25, -0.2) is 0 Å². The zero-order valence-electron chi connectivity index (χ0n) is 15.7. The van der Waals surface area contributed by atoms with Crippen molar-refractivity contribution in [2.24, 2.45) is 0 Å². The van der Waals surface area contributed by atoms with Gasteiger partial charge in [-0.15, -0.1) is 12.6 Å². The summed E-state index contributed by atoms with van der Waals surface area (Å²) in [6, 6.07) is 9.04. The molecular formula is C20H29Cl2N2Ti. The minimum Gasteiger partial charge on any atom is -1.00 e. The molecule has 0 N–H and O–H groups in total. The second kappa shape index (κ2) is 14.0. The van der Waals surface area contributed by atoms with Crippen molar-refractivity contribution < 1.29 is 46.5 Å². The first-order valence-corrected chi connectivity index (χ1v) is 8.42. The molecule has 2 nitrogen and oxygen atoms in total. The Morgan fingerprint density at radius 3 is 2.48 bits per heavy atom.